The lowest BCUT2D eigenvalue weighted by atomic mass is 9.92. The third-order valence-corrected chi connectivity index (χ3v) is 5.54. The number of carbonyl (C=O) groups is 1. The first-order valence-corrected chi connectivity index (χ1v) is 9.93. The topological polar surface area (TPSA) is 58.1 Å². The van der Waals surface area contributed by atoms with Crippen LogP contribution in [0.2, 0.25) is 0 Å². The van der Waals surface area contributed by atoms with Crippen molar-refractivity contribution in [1.82, 2.24) is 9.97 Å². The van der Waals surface area contributed by atoms with E-state index in [2.05, 4.69) is 15.3 Å². The van der Waals surface area contributed by atoms with Gasteiger partial charge in [0.25, 0.3) is 0 Å². The molecule has 0 saturated carbocycles. The molecule has 0 aromatic carbocycles. The Morgan fingerprint density at radius 1 is 1.28 bits per heavy atom. The second-order valence-corrected chi connectivity index (χ2v) is 9.39. The summed E-state index contributed by atoms with van der Waals surface area (Å²) in [4.78, 5) is 22.0. The Labute approximate surface area is 170 Å². The number of amides is 1. The zero-order valence-electron chi connectivity index (χ0n) is 16.6. The maximum Gasteiger partial charge on any atom is 0.443 e. The Balaban J connectivity index is 1.79. The number of hydrogen-bond acceptors (Lipinski definition) is 5. The number of halogens is 4. The van der Waals surface area contributed by atoms with Crippen molar-refractivity contribution >= 4 is 28.7 Å². The summed E-state index contributed by atoms with van der Waals surface area (Å²) >= 11 is 0.610. The Morgan fingerprint density at radius 2 is 1.97 bits per heavy atom. The van der Waals surface area contributed by atoms with Gasteiger partial charge in [-0.05, 0) is 24.0 Å². The quantitative estimate of drug-likeness (QED) is 0.554. The lowest BCUT2D eigenvalue weighted by Crippen LogP contribution is -2.31. The molecule has 0 atom stereocenters. The molecule has 10 heteroatoms. The maximum absolute atomic E-state index is 14.6. The lowest BCUT2D eigenvalue weighted by Gasteiger charge is -2.28. The monoisotopic (exact) mass is 430 g/mol. The maximum atomic E-state index is 14.6. The fourth-order valence-corrected chi connectivity index (χ4v) is 4.10. The van der Waals surface area contributed by atoms with Crippen LogP contribution in [0.25, 0.3) is 0 Å². The standard InChI is InChI=1S/C19H22F4N4OS/c1-10-7-13(25-16(20)15(10)26-14(28)8-18(2,3)4)27-6-5-11-12(9-27)29-17(24-11)19(21,22)23/h7H,5-6,8-9H2,1-4H3,(H,26,28). The molecule has 3 heterocycles. The summed E-state index contributed by atoms with van der Waals surface area (Å²) in [5.74, 6) is -0.796. The third kappa shape index (κ3) is 5.04. The van der Waals surface area contributed by atoms with Crippen molar-refractivity contribution in [2.45, 2.75) is 53.3 Å². The summed E-state index contributed by atoms with van der Waals surface area (Å²) in [6.45, 7) is 7.95. The normalized spacial score (nSPS) is 14.7. The van der Waals surface area contributed by atoms with E-state index in [1.165, 1.54) is 0 Å². The summed E-state index contributed by atoms with van der Waals surface area (Å²) in [5, 5.41) is 1.71. The molecule has 158 valence electrons. The first kappa shape index (κ1) is 21.5. The molecule has 29 heavy (non-hydrogen) atoms. The minimum absolute atomic E-state index is 0.0258. The second-order valence-electron chi connectivity index (χ2n) is 8.31. The Morgan fingerprint density at radius 3 is 2.55 bits per heavy atom. The summed E-state index contributed by atoms with van der Waals surface area (Å²) in [5.41, 5.74) is 0.720. The van der Waals surface area contributed by atoms with E-state index in [1.807, 2.05) is 20.8 Å². The molecule has 2 aromatic rings. The molecule has 1 amide bonds. The zero-order chi connectivity index (χ0) is 21.6. The van der Waals surface area contributed by atoms with Crippen LogP contribution >= 0.6 is 11.3 Å². The largest absolute Gasteiger partial charge is 0.443 e. The predicted molar refractivity (Wildman–Crippen MR) is 104 cm³/mol. The molecule has 1 aliphatic rings. The Bertz CT molecular complexity index is 910. The number of aromatic nitrogens is 2. The molecule has 0 saturated heterocycles. The van der Waals surface area contributed by atoms with E-state index in [1.54, 1.807) is 17.9 Å². The highest BCUT2D eigenvalue weighted by molar-refractivity contribution is 7.11. The van der Waals surface area contributed by atoms with E-state index >= 15 is 0 Å². The number of fused-ring (bicyclic) bond motifs is 1. The fraction of sp³-hybridized carbons (Fsp3) is 0.526. The Hall–Kier alpha value is -2.23. The number of rotatable bonds is 3. The minimum atomic E-state index is -4.47. The van der Waals surface area contributed by atoms with Gasteiger partial charge in [0.05, 0.1) is 17.9 Å². The van der Waals surface area contributed by atoms with Crippen LogP contribution in [0.5, 0.6) is 0 Å². The number of nitrogens with zero attached hydrogens (tertiary/aromatic N) is 3. The van der Waals surface area contributed by atoms with Crippen LogP contribution in [0.3, 0.4) is 0 Å². The van der Waals surface area contributed by atoms with Gasteiger partial charge in [-0.25, -0.2) is 9.97 Å². The van der Waals surface area contributed by atoms with Gasteiger partial charge < -0.3 is 10.2 Å². The van der Waals surface area contributed by atoms with Gasteiger partial charge in [-0.3, -0.25) is 4.79 Å². The molecule has 0 radical (unpaired) electrons. The summed E-state index contributed by atoms with van der Waals surface area (Å²) in [6.07, 6.45) is -3.91. The predicted octanol–water partition coefficient (Wildman–Crippen LogP) is 4.94. The van der Waals surface area contributed by atoms with Gasteiger partial charge in [-0.15, -0.1) is 11.3 Å². The highest BCUT2D eigenvalue weighted by Gasteiger charge is 2.37. The molecule has 5 nitrogen and oxygen atoms in total. The first-order chi connectivity index (χ1) is 13.3. The zero-order valence-corrected chi connectivity index (χ0v) is 17.4. The number of aryl methyl sites for hydroxylation is 1. The summed E-state index contributed by atoms with van der Waals surface area (Å²) < 4.78 is 53.3. The van der Waals surface area contributed by atoms with Crippen molar-refractivity contribution in [1.29, 1.82) is 0 Å². The van der Waals surface area contributed by atoms with Gasteiger partial charge in [-0.1, -0.05) is 20.8 Å². The summed E-state index contributed by atoms with van der Waals surface area (Å²) in [6, 6.07) is 1.63. The number of alkyl halides is 3. The molecule has 0 spiro atoms. The van der Waals surface area contributed by atoms with Gasteiger partial charge in [0, 0.05) is 24.3 Å². The van der Waals surface area contributed by atoms with E-state index in [-0.39, 0.29) is 30.0 Å². The van der Waals surface area contributed by atoms with Crippen LogP contribution in [0, 0.1) is 18.3 Å². The third-order valence-electron chi connectivity index (χ3n) is 4.41. The van der Waals surface area contributed by atoms with Crippen LogP contribution in [0.15, 0.2) is 6.07 Å². The lowest BCUT2D eigenvalue weighted by molar-refractivity contribution is -0.137. The minimum Gasteiger partial charge on any atom is -0.351 e. The molecule has 0 unspecified atom stereocenters. The number of pyridine rings is 1. The first-order valence-electron chi connectivity index (χ1n) is 9.11. The number of hydrogen-bond donors (Lipinski definition) is 1. The number of thiazole rings is 1. The molecular formula is C19H22F4N4OS. The summed E-state index contributed by atoms with van der Waals surface area (Å²) in [7, 11) is 0. The fourth-order valence-electron chi connectivity index (χ4n) is 3.11. The molecule has 0 aliphatic carbocycles. The SMILES string of the molecule is Cc1cc(N2CCc3nc(C(F)(F)F)sc3C2)nc(F)c1NC(=O)CC(C)(C)C. The average molecular weight is 430 g/mol. The molecule has 2 aromatic heterocycles. The van der Waals surface area contributed by atoms with Gasteiger partial charge in [0.2, 0.25) is 11.9 Å². The molecule has 1 N–H and O–H groups in total. The average Bonchev–Trinajstić information content (AvgIpc) is 3.00. The van der Waals surface area contributed by atoms with E-state index in [0.717, 1.165) is 0 Å². The van der Waals surface area contributed by atoms with E-state index in [9.17, 15) is 22.4 Å². The van der Waals surface area contributed by atoms with Crippen LogP contribution in [0.1, 0.15) is 48.3 Å². The van der Waals surface area contributed by atoms with Crippen molar-refractivity contribution in [2.24, 2.45) is 5.41 Å². The van der Waals surface area contributed by atoms with Crippen molar-refractivity contribution in [3.63, 3.8) is 0 Å². The molecule has 0 fully saturated rings. The van der Waals surface area contributed by atoms with Gasteiger partial charge in [-0.2, -0.15) is 17.6 Å². The molecular weight excluding hydrogens is 408 g/mol. The highest BCUT2D eigenvalue weighted by Crippen LogP contribution is 2.37. The Kier molecular flexibility index (Phi) is 5.59. The highest BCUT2D eigenvalue weighted by atomic mass is 32.1. The molecule has 0 bridgehead atoms. The van der Waals surface area contributed by atoms with E-state index < -0.39 is 17.1 Å². The van der Waals surface area contributed by atoms with Gasteiger partial charge in [0.1, 0.15) is 5.82 Å². The van der Waals surface area contributed by atoms with Gasteiger partial charge in [0.15, 0.2) is 5.01 Å². The van der Waals surface area contributed by atoms with Crippen molar-refractivity contribution in [3.05, 3.63) is 33.2 Å². The number of nitrogens with one attached hydrogen (secondary N) is 1. The molecule has 3 rings (SSSR count). The van der Waals surface area contributed by atoms with Gasteiger partial charge >= 0.3 is 6.18 Å². The van der Waals surface area contributed by atoms with Crippen LogP contribution < -0.4 is 10.2 Å². The van der Waals surface area contributed by atoms with E-state index in [4.69, 9.17) is 0 Å². The number of anilines is 2. The molecule has 1 aliphatic heterocycles. The van der Waals surface area contributed by atoms with Crippen LogP contribution in [-0.4, -0.2) is 22.4 Å². The van der Waals surface area contributed by atoms with Crippen molar-refractivity contribution in [3.8, 4) is 0 Å². The van der Waals surface area contributed by atoms with Crippen LogP contribution in [-0.2, 0) is 23.9 Å². The second kappa shape index (κ2) is 7.55. The van der Waals surface area contributed by atoms with Crippen molar-refractivity contribution < 1.29 is 22.4 Å². The van der Waals surface area contributed by atoms with E-state index in [0.29, 0.717) is 46.3 Å². The van der Waals surface area contributed by atoms with Crippen LogP contribution in [0.4, 0.5) is 29.1 Å². The smallest absolute Gasteiger partial charge is 0.351 e. The van der Waals surface area contributed by atoms with Crippen molar-refractivity contribution in [2.75, 3.05) is 16.8 Å². The number of carbonyl (C=O) groups excluding carboxylic acids is 1.